The van der Waals surface area contributed by atoms with E-state index in [4.69, 9.17) is 0 Å². The van der Waals surface area contributed by atoms with Crippen LogP contribution in [0, 0.1) is 0 Å². The SMILES string of the molecule is CC(=O)Nc1ccc(NC(=O)C(=O)NCC(O)c2cccn2C)cc1. The van der Waals surface area contributed by atoms with Crippen LogP contribution in [-0.4, -0.2) is 33.9 Å². The number of anilines is 2. The van der Waals surface area contributed by atoms with Gasteiger partial charge in [-0.1, -0.05) is 0 Å². The van der Waals surface area contributed by atoms with Gasteiger partial charge in [-0.15, -0.1) is 0 Å². The molecule has 0 fully saturated rings. The minimum absolute atomic E-state index is 0.0778. The minimum Gasteiger partial charge on any atom is -0.385 e. The second-order valence-electron chi connectivity index (χ2n) is 5.48. The molecule has 1 atom stereocenters. The quantitative estimate of drug-likeness (QED) is 0.600. The molecule has 0 bridgehead atoms. The van der Waals surface area contributed by atoms with E-state index in [2.05, 4.69) is 16.0 Å². The van der Waals surface area contributed by atoms with Crippen LogP contribution in [0.15, 0.2) is 42.6 Å². The van der Waals surface area contributed by atoms with Gasteiger partial charge in [0, 0.05) is 43.8 Å². The zero-order chi connectivity index (χ0) is 18.4. The molecule has 0 aliphatic carbocycles. The molecule has 1 heterocycles. The summed E-state index contributed by atoms with van der Waals surface area (Å²) in [5, 5.41) is 17.4. The highest BCUT2D eigenvalue weighted by Crippen LogP contribution is 2.14. The average molecular weight is 344 g/mol. The molecule has 0 aliphatic rings. The van der Waals surface area contributed by atoms with Gasteiger partial charge >= 0.3 is 11.8 Å². The summed E-state index contributed by atoms with van der Waals surface area (Å²) in [6.45, 7) is 1.31. The number of benzene rings is 1. The largest absolute Gasteiger partial charge is 0.385 e. The third-order valence-electron chi connectivity index (χ3n) is 3.45. The normalized spacial score (nSPS) is 11.5. The smallest absolute Gasteiger partial charge is 0.313 e. The van der Waals surface area contributed by atoms with E-state index >= 15 is 0 Å². The Bertz CT molecular complexity index is 767. The maximum absolute atomic E-state index is 11.9. The Balaban J connectivity index is 1.84. The summed E-state index contributed by atoms with van der Waals surface area (Å²) in [4.78, 5) is 34.6. The summed E-state index contributed by atoms with van der Waals surface area (Å²) in [7, 11) is 1.78. The van der Waals surface area contributed by atoms with E-state index in [0.717, 1.165) is 0 Å². The van der Waals surface area contributed by atoms with E-state index < -0.39 is 17.9 Å². The summed E-state index contributed by atoms with van der Waals surface area (Å²) in [5.74, 6) is -1.89. The molecular weight excluding hydrogens is 324 g/mol. The third kappa shape index (κ3) is 5.18. The summed E-state index contributed by atoms with van der Waals surface area (Å²) >= 11 is 0. The first-order valence-corrected chi connectivity index (χ1v) is 7.63. The first kappa shape index (κ1) is 18.2. The number of rotatable bonds is 5. The number of carbonyl (C=O) groups is 3. The van der Waals surface area contributed by atoms with E-state index in [1.807, 2.05) is 0 Å². The number of aryl methyl sites for hydroxylation is 1. The Morgan fingerprint density at radius 1 is 1.04 bits per heavy atom. The van der Waals surface area contributed by atoms with Gasteiger partial charge in [-0.2, -0.15) is 0 Å². The predicted molar refractivity (Wildman–Crippen MR) is 92.8 cm³/mol. The lowest BCUT2D eigenvalue weighted by Crippen LogP contribution is -2.37. The van der Waals surface area contributed by atoms with Crippen molar-refractivity contribution in [3.05, 3.63) is 48.3 Å². The van der Waals surface area contributed by atoms with Gasteiger partial charge < -0.3 is 25.6 Å². The molecule has 2 rings (SSSR count). The van der Waals surface area contributed by atoms with Gasteiger partial charge in [0.05, 0.1) is 0 Å². The van der Waals surface area contributed by atoms with E-state index in [0.29, 0.717) is 17.1 Å². The fraction of sp³-hybridized carbons (Fsp3) is 0.235. The first-order valence-electron chi connectivity index (χ1n) is 7.63. The van der Waals surface area contributed by atoms with Crippen LogP contribution in [0.25, 0.3) is 0 Å². The molecule has 0 radical (unpaired) electrons. The molecule has 1 aromatic carbocycles. The standard InChI is InChI=1S/C17H20N4O4/c1-11(22)19-12-5-7-13(8-6-12)20-17(25)16(24)18-10-15(23)14-4-3-9-21(14)2/h3-9,15,23H,10H2,1-2H3,(H,18,24)(H,19,22)(H,20,25). The van der Waals surface area contributed by atoms with Crippen LogP contribution < -0.4 is 16.0 Å². The number of amides is 3. The number of aliphatic hydroxyl groups excluding tert-OH is 1. The van der Waals surface area contributed by atoms with Crippen molar-refractivity contribution in [2.24, 2.45) is 7.05 Å². The minimum atomic E-state index is -0.909. The molecule has 1 aromatic heterocycles. The molecule has 2 aromatic rings. The van der Waals surface area contributed by atoms with Crippen LogP contribution >= 0.6 is 0 Å². The van der Waals surface area contributed by atoms with Crippen LogP contribution in [0.1, 0.15) is 18.7 Å². The Kier molecular flexibility index (Phi) is 5.91. The first-order chi connectivity index (χ1) is 11.9. The zero-order valence-corrected chi connectivity index (χ0v) is 13.9. The van der Waals surface area contributed by atoms with E-state index in [1.165, 1.54) is 6.92 Å². The van der Waals surface area contributed by atoms with Gasteiger partial charge in [-0.25, -0.2) is 0 Å². The fourth-order valence-corrected chi connectivity index (χ4v) is 2.22. The summed E-state index contributed by atoms with van der Waals surface area (Å²) in [5.41, 5.74) is 1.63. The lowest BCUT2D eigenvalue weighted by atomic mass is 10.2. The van der Waals surface area contributed by atoms with E-state index in [-0.39, 0.29) is 12.5 Å². The van der Waals surface area contributed by atoms with Crippen molar-refractivity contribution in [3.63, 3.8) is 0 Å². The molecule has 8 heteroatoms. The Hall–Kier alpha value is -3.13. The van der Waals surface area contributed by atoms with E-state index in [1.54, 1.807) is 54.2 Å². The van der Waals surface area contributed by atoms with Crippen LogP contribution in [-0.2, 0) is 21.4 Å². The molecule has 8 nitrogen and oxygen atoms in total. The molecule has 3 amide bonds. The Morgan fingerprint density at radius 3 is 2.16 bits per heavy atom. The predicted octanol–water partition coefficient (Wildman–Crippen LogP) is 0.772. The monoisotopic (exact) mass is 344 g/mol. The molecule has 0 saturated heterocycles. The van der Waals surface area contributed by atoms with Gasteiger partial charge in [0.2, 0.25) is 5.91 Å². The van der Waals surface area contributed by atoms with Crippen LogP contribution in [0.5, 0.6) is 0 Å². The molecule has 0 aliphatic heterocycles. The number of nitrogens with zero attached hydrogens (tertiary/aromatic N) is 1. The number of hydrogen-bond acceptors (Lipinski definition) is 4. The van der Waals surface area contributed by atoms with Crippen molar-refractivity contribution in [1.82, 2.24) is 9.88 Å². The van der Waals surface area contributed by atoms with Gasteiger partial charge in [0.25, 0.3) is 0 Å². The zero-order valence-electron chi connectivity index (χ0n) is 13.9. The summed E-state index contributed by atoms with van der Waals surface area (Å²) in [6, 6.07) is 9.85. The lowest BCUT2D eigenvalue weighted by molar-refractivity contribution is -0.136. The van der Waals surface area contributed by atoms with Crippen LogP contribution in [0.4, 0.5) is 11.4 Å². The third-order valence-corrected chi connectivity index (χ3v) is 3.45. The Morgan fingerprint density at radius 2 is 1.64 bits per heavy atom. The summed E-state index contributed by atoms with van der Waals surface area (Å²) < 4.78 is 1.73. The summed E-state index contributed by atoms with van der Waals surface area (Å²) in [6.07, 6.45) is 0.867. The molecule has 25 heavy (non-hydrogen) atoms. The van der Waals surface area contributed by atoms with Crippen LogP contribution in [0.2, 0.25) is 0 Å². The average Bonchev–Trinajstić information content (AvgIpc) is 2.99. The highest BCUT2D eigenvalue weighted by atomic mass is 16.3. The molecular formula is C17H20N4O4. The fourth-order valence-electron chi connectivity index (χ4n) is 2.22. The second-order valence-corrected chi connectivity index (χ2v) is 5.48. The van der Waals surface area contributed by atoms with Crippen molar-refractivity contribution >= 4 is 29.1 Å². The molecule has 0 spiro atoms. The number of nitrogens with one attached hydrogen (secondary N) is 3. The van der Waals surface area contributed by atoms with Gasteiger partial charge in [0.1, 0.15) is 6.10 Å². The van der Waals surface area contributed by atoms with Gasteiger partial charge in [-0.05, 0) is 36.4 Å². The highest BCUT2D eigenvalue weighted by molar-refractivity contribution is 6.39. The number of aromatic nitrogens is 1. The highest BCUT2D eigenvalue weighted by Gasteiger charge is 2.17. The van der Waals surface area contributed by atoms with Gasteiger partial charge in [-0.3, -0.25) is 14.4 Å². The molecule has 0 saturated carbocycles. The lowest BCUT2D eigenvalue weighted by Gasteiger charge is -2.13. The van der Waals surface area contributed by atoms with Crippen molar-refractivity contribution in [2.45, 2.75) is 13.0 Å². The van der Waals surface area contributed by atoms with Crippen molar-refractivity contribution in [2.75, 3.05) is 17.2 Å². The van der Waals surface area contributed by atoms with Crippen LogP contribution in [0.3, 0.4) is 0 Å². The Labute approximate surface area is 144 Å². The van der Waals surface area contributed by atoms with E-state index in [9.17, 15) is 19.5 Å². The number of carbonyl (C=O) groups excluding carboxylic acids is 3. The van der Waals surface area contributed by atoms with Gasteiger partial charge in [0.15, 0.2) is 0 Å². The van der Waals surface area contributed by atoms with Crippen molar-refractivity contribution in [3.8, 4) is 0 Å². The maximum atomic E-state index is 11.9. The molecule has 132 valence electrons. The van der Waals surface area contributed by atoms with Crippen molar-refractivity contribution < 1.29 is 19.5 Å². The maximum Gasteiger partial charge on any atom is 0.313 e. The molecule has 4 N–H and O–H groups in total. The topological polar surface area (TPSA) is 112 Å². The molecule has 1 unspecified atom stereocenters. The number of aliphatic hydroxyl groups is 1. The number of hydrogen-bond donors (Lipinski definition) is 4. The van der Waals surface area contributed by atoms with Crippen molar-refractivity contribution in [1.29, 1.82) is 0 Å². The second kappa shape index (κ2) is 8.11.